The molecular formula is C13H19N3O3. The topological polar surface area (TPSA) is 84.3 Å². The predicted octanol–water partition coefficient (Wildman–Crippen LogP) is 1.85. The lowest BCUT2D eigenvalue weighted by Crippen LogP contribution is -2.29. The van der Waals surface area contributed by atoms with Crippen LogP contribution in [0.25, 0.3) is 0 Å². The lowest BCUT2D eigenvalue weighted by atomic mass is 9.86. The van der Waals surface area contributed by atoms with Crippen LogP contribution in [0.2, 0.25) is 0 Å². The first-order valence-corrected chi connectivity index (χ1v) is 6.46. The number of nitrogens with zero attached hydrogens (tertiary/aromatic N) is 2. The SMILES string of the molecule is COc1ncnc(NC2CCC(C(=O)O)CC2)c1C. The molecule has 0 unspecified atom stereocenters. The van der Waals surface area contributed by atoms with E-state index in [4.69, 9.17) is 9.84 Å². The van der Waals surface area contributed by atoms with Gasteiger partial charge in [-0.1, -0.05) is 0 Å². The zero-order chi connectivity index (χ0) is 13.8. The highest BCUT2D eigenvalue weighted by Crippen LogP contribution is 2.28. The van der Waals surface area contributed by atoms with E-state index in [-0.39, 0.29) is 12.0 Å². The van der Waals surface area contributed by atoms with Crippen LogP contribution in [0, 0.1) is 12.8 Å². The Balaban J connectivity index is 1.98. The summed E-state index contributed by atoms with van der Waals surface area (Å²) in [7, 11) is 1.58. The van der Waals surface area contributed by atoms with Crippen molar-refractivity contribution in [3.8, 4) is 5.88 Å². The Labute approximate surface area is 112 Å². The molecule has 104 valence electrons. The van der Waals surface area contributed by atoms with Crippen LogP contribution in [0.4, 0.5) is 5.82 Å². The number of anilines is 1. The number of ether oxygens (including phenoxy) is 1. The number of nitrogens with one attached hydrogen (secondary N) is 1. The minimum Gasteiger partial charge on any atom is -0.481 e. The van der Waals surface area contributed by atoms with Gasteiger partial charge in [-0.15, -0.1) is 0 Å². The van der Waals surface area contributed by atoms with E-state index in [1.54, 1.807) is 7.11 Å². The zero-order valence-electron chi connectivity index (χ0n) is 11.2. The Morgan fingerprint density at radius 2 is 2.05 bits per heavy atom. The number of carboxylic acids is 1. The summed E-state index contributed by atoms with van der Waals surface area (Å²) in [6.07, 6.45) is 4.60. The van der Waals surface area contributed by atoms with Gasteiger partial charge in [-0.3, -0.25) is 4.79 Å². The van der Waals surface area contributed by atoms with E-state index in [0.717, 1.165) is 24.2 Å². The average Bonchev–Trinajstić information content (AvgIpc) is 2.42. The standard InChI is InChI=1S/C13H19N3O3/c1-8-11(14-7-15-12(8)19-2)16-10-5-3-9(4-6-10)13(17)18/h7,9-10H,3-6H2,1-2H3,(H,17,18)(H,14,15,16). The smallest absolute Gasteiger partial charge is 0.306 e. The van der Waals surface area contributed by atoms with Crippen LogP contribution < -0.4 is 10.1 Å². The molecule has 19 heavy (non-hydrogen) atoms. The first-order valence-electron chi connectivity index (χ1n) is 6.46. The molecule has 0 atom stereocenters. The van der Waals surface area contributed by atoms with Crippen LogP contribution in [0.1, 0.15) is 31.2 Å². The third kappa shape index (κ3) is 3.13. The van der Waals surface area contributed by atoms with Crippen LogP contribution in [0.15, 0.2) is 6.33 Å². The third-order valence-corrected chi connectivity index (χ3v) is 3.65. The second-order valence-corrected chi connectivity index (χ2v) is 4.89. The van der Waals surface area contributed by atoms with E-state index < -0.39 is 5.97 Å². The first kappa shape index (κ1) is 13.6. The molecule has 0 radical (unpaired) electrons. The average molecular weight is 265 g/mol. The summed E-state index contributed by atoms with van der Waals surface area (Å²) in [6.45, 7) is 1.91. The Morgan fingerprint density at radius 3 is 2.63 bits per heavy atom. The van der Waals surface area contributed by atoms with Gasteiger partial charge in [0.25, 0.3) is 0 Å². The molecule has 6 heteroatoms. The van der Waals surface area contributed by atoms with E-state index in [1.807, 2.05) is 6.92 Å². The molecule has 0 aromatic carbocycles. The molecule has 1 fully saturated rings. The van der Waals surface area contributed by atoms with Crippen molar-refractivity contribution >= 4 is 11.8 Å². The number of carbonyl (C=O) groups is 1. The molecule has 1 aromatic rings. The summed E-state index contributed by atoms with van der Waals surface area (Å²) in [4.78, 5) is 19.2. The van der Waals surface area contributed by atoms with Crippen LogP contribution in [0.5, 0.6) is 5.88 Å². The number of aliphatic carboxylic acids is 1. The lowest BCUT2D eigenvalue weighted by Gasteiger charge is -2.27. The van der Waals surface area contributed by atoms with Gasteiger partial charge in [-0.25, -0.2) is 9.97 Å². The maximum atomic E-state index is 10.9. The van der Waals surface area contributed by atoms with Crippen LogP contribution in [0.3, 0.4) is 0 Å². The minimum absolute atomic E-state index is 0.195. The molecule has 6 nitrogen and oxygen atoms in total. The number of aromatic nitrogens is 2. The van der Waals surface area contributed by atoms with Crippen molar-refractivity contribution in [2.24, 2.45) is 5.92 Å². The fourth-order valence-corrected chi connectivity index (χ4v) is 2.46. The Morgan fingerprint density at radius 1 is 1.37 bits per heavy atom. The van der Waals surface area contributed by atoms with Crippen molar-refractivity contribution in [3.05, 3.63) is 11.9 Å². The van der Waals surface area contributed by atoms with Gasteiger partial charge in [0, 0.05) is 6.04 Å². The largest absolute Gasteiger partial charge is 0.481 e. The predicted molar refractivity (Wildman–Crippen MR) is 70.3 cm³/mol. The van der Waals surface area contributed by atoms with Gasteiger partial charge >= 0.3 is 5.97 Å². The highest BCUT2D eigenvalue weighted by molar-refractivity contribution is 5.70. The number of methoxy groups -OCH3 is 1. The summed E-state index contributed by atoms with van der Waals surface area (Å²) >= 11 is 0. The molecule has 1 aliphatic carbocycles. The Kier molecular flexibility index (Phi) is 4.19. The van der Waals surface area contributed by atoms with Crippen molar-refractivity contribution in [1.29, 1.82) is 0 Å². The second kappa shape index (κ2) is 5.86. The number of hydrogen-bond acceptors (Lipinski definition) is 5. The molecule has 0 saturated heterocycles. The van der Waals surface area contributed by atoms with Crippen molar-refractivity contribution in [3.63, 3.8) is 0 Å². The summed E-state index contributed by atoms with van der Waals surface area (Å²) in [6, 6.07) is 0.272. The molecule has 1 aromatic heterocycles. The van der Waals surface area contributed by atoms with Gasteiger partial charge in [0.1, 0.15) is 12.1 Å². The lowest BCUT2D eigenvalue weighted by molar-refractivity contribution is -0.142. The summed E-state index contributed by atoms with van der Waals surface area (Å²) in [5.74, 6) is 0.458. The van der Waals surface area contributed by atoms with Gasteiger partial charge < -0.3 is 15.2 Å². The first-order chi connectivity index (χ1) is 9.11. The molecule has 0 aliphatic heterocycles. The van der Waals surface area contributed by atoms with E-state index in [1.165, 1.54) is 6.33 Å². The van der Waals surface area contributed by atoms with Gasteiger partial charge in [0.15, 0.2) is 0 Å². The normalized spacial score (nSPS) is 22.8. The second-order valence-electron chi connectivity index (χ2n) is 4.89. The van der Waals surface area contributed by atoms with Gasteiger partial charge in [-0.2, -0.15) is 0 Å². The molecule has 2 rings (SSSR count). The molecule has 1 heterocycles. The monoisotopic (exact) mass is 265 g/mol. The van der Waals surface area contributed by atoms with E-state index in [9.17, 15) is 4.79 Å². The van der Waals surface area contributed by atoms with Crippen molar-refractivity contribution in [2.75, 3.05) is 12.4 Å². The number of hydrogen-bond donors (Lipinski definition) is 2. The van der Waals surface area contributed by atoms with E-state index in [0.29, 0.717) is 18.7 Å². The molecule has 0 spiro atoms. The minimum atomic E-state index is -0.682. The highest BCUT2D eigenvalue weighted by Gasteiger charge is 2.26. The third-order valence-electron chi connectivity index (χ3n) is 3.65. The van der Waals surface area contributed by atoms with Crippen molar-refractivity contribution < 1.29 is 14.6 Å². The summed E-state index contributed by atoms with van der Waals surface area (Å²) in [5.41, 5.74) is 0.880. The fourth-order valence-electron chi connectivity index (χ4n) is 2.46. The molecule has 0 bridgehead atoms. The zero-order valence-corrected chi connectivity index (χ0v) is 11.2. The number of rotatable bonds is 4. The van der Waals surface area contributed by atoms with Crippen LogP contribution in [-0.2, 0) is 4.79 Å². The van der Waals surface area contributed by atoms with Crippen LogP contribution in [-0.4, -0.2) is 34.2 Å². The van der Waals surface area contributed by atoms with E-state index in [2.05, 4.69) is 15.3 Å². The number of carboxylic acid groups (broad SMARTS) is 1. The highest BCUT2D eigenvalue weighted by atomic mass is 16.5. The molecule has 1 saturated carbocycles. The fraction of sp³-hybridized carbons (Fsp3) is 0.615. The maximum Gasteiger partial charge on any atom is 0.306 e. The van der Waals surface area contributed by atoms with Crippen LogP contribution >= 0.6 is 0 Å². The Hall–Kier alpha value is -1.85. The molecule has 1 aliphatic rings. The molecule has 0 amide bonds. The van der Waals surface area contributed by atoms with Gasteiger partial charge in [-0.05, 0) is 32.6 Å². The van der Waals surface area contributed by atoms with Gasteiger partial charge in [0.05, 0.1) is 18.6 Å². The van der Waals surface area contributed by atoms with Crippen molar-refractivity contribution in [2.45, 2.75) is 38.6 Å². The molecule has 2 N–H and O–H groups in total. The quantitative estimate of drug-likeness (QED) is 0.864. The Bertz CT molecular complexity index is 456. The summed E-state index contributed by atoms with van der Waals surface area (Å²) in [5, 5.41) is 12.3. The van der Waals surface area contributed by atoms with Crippen molar-refractivity contribution in [1.82, 2.24) is 9.97 Å². The van der Waals surface area contributed by atoms with E-state index >= 15 is 0 Å². The van der Waals surface area contributed by atoms with Gasteiger partial charge in [0.2, 0.25) is 5.88 Å². The summed E-state index contributed by atoms with van der Waals surface area (Å²) < 4.78 is 5.15. The maximum absolute atomic E-state index is 10.9. The molecular weight excluding hydrogens is 246 g/mol.